The van der Waals surface area contributed by atoms with E-state index in [1.807, 2.05) is 49.7 Å². The van der Waals surface area contributed by atoms with Crippen LogP contribution in [0.4, 0.5) is 0 Å². The van der Waals surface area contributed by atoms with Crippen LogP contribution in [0.1, 0.15) is 26.5 Å². The maximum Gasteiger partial charge on any atom is 0.225 e. The number of methoxy groups -OCH3 is 1. The SMILES string of the molecule is COc1cccn2cc(CCNC(=O)C(C)(C)C)nc12. The molecule has 2 aromatic heterocycles. The zero-order chi connectivity index (χ0) is 14.8. The van der Waals surface area contributed by atoms with Gasteiger partial charge in [-0.2, -0.15) is 0 Å². The minimum atomic E-state index is -0.359. The van der Waals surface area contributed by atoms with Crippen molar-refractivity contribution in [1.82, 2.24) is 14.7 Å². The number of carbonyl (C=O) groups excluding carboxylic acids is 1. The summed E-state index contributed by atoms with van der Waals surface area (Å²) in [5.41, 5.74) is 1.37. The van der Waals surface area contributed by atoms with Crippen LogP contribution in [0, 0.1) is 5.41 Å². The van der Waals surface area contributed by atoms with Crippen LogP contribution < -0.4 is 10.1 Å². The van der Waals surface area contributed by atoms with Crippen LogP contribution in [0.25, 0.3) is 5.65 Å². The maximum absolute atomic E-state index is 11.8. The van der Waals surface area contributed by atoms with Gasteiger partial charge < -0.3 is 14.5 Å². The van der Waals surface area contributed by atoms with Gasteiger partial charge >= 0.3 is 0 Å². The average molecular weight is 275 g/mol. The van der Waals surface area contributed by atoms with Crippen molar-refractivity contribution in [2.24, 2.45) is 5.41 Å². The van der Waals surface area contributed by atoms with Crippen LogP contribution in [0.5, 0.6) is 5.75 Å². The number of nitrogens with zero attached hydrogens (tertiary/aromatic N) is 2. The van der Waals surface area contributed by atoms with Gasteiger partial charge in [-0.25, -0.2) is 4.98 Å². The van der Waals surface area contributed by atoms with Crippen molar-refractivity contribution in [2.75, 3.05) is 13.7 Å². The van der Waals surface area contributed by atoms with Gasteiger partial charge in [-0.1, -0.05) is 20.8 Å². The third-order valence-corrected chi connectivity index (χ3v) is 3.06. The molecule has 2 aromatic rings. The lowest BCUT2D eigenvalue weighted by atomic mass is 9.96. The molecule has 0 unspecified atom stereocenters. The Labute approximate surface area is 119 Å². The quantitative estimate of drug-likeness (QED) is 0.929. The minimum absolute atomic E-state index is 0.0545. The van der Waals surface area contributed by atoms with Crippen LogP contribution in [-0.2, 0) is 11.2 Å². The lowest BCUT2D eigenvalue weighted by Gasteiger charge is -2.17. The van der Waals surface area contributed by atoms with E-state index in [0.717, 1.165) is 17.1 Å². The van der Waals surface area contributed by atoms with Crippen LogP contribution >= 0.6 is 0 Å². The lowest BCUT2D eigenvalue weighted by molar-refractivity contribution is -0.128. The molecule has 0 saturated carbocycles. The molecule has 2 rings (SSSR count). The molecule has 0 aliphatic rings. The fraction of sp³-hybridized carbons (Fsp3) is 0.467. The molecule has 2 heterocycles. The first-order valence-electron chi connectivity index (χ1n) is 6.70. The molecule has 0 aromatic carbocycles. The number of hydrogen-bond donors (Lipinski definition) is 1. The molecule has 5 nitrogen and oxygen atoms in total. The number of rotatable bonds is 4. The number of hydrogen-bond acceptors (Lipinski definition) is 3. The predicted octanol–water partition coefficient (Wildman–Crippen LogP) is 2.05. The Kier molecular flexibility index (Phi) is 3.97. The van der Waals surface area contributed by atoms with E-state index in [1.54, 1.807) is 7.11 Å². The maximum atomic E-state index is 11.8. The van der Waals surface area contributed by atoms with Crippen LogP contribution in [-0.4, -0.2) is 28.9 Å². The molecule has 108 valence electrons. The molecule has 0 bridgehead atoms. The first-order valence-corrected chi connectivity index (χ1v) is 6.70. The van der Waals surface area contributed by atoms with Crippen molar-refractivity contribution >= 4 is 11.6 Å². The molecule has 5 heteroatoms. The van der Waals surface area contributed by atoms with Gasteiger partial charge in [0.25, 0.3) is 0 Å². The summed E-state index contributed by atoms with van der Waals surface area (Å²) in [5.74, 6) is 0.802. The summed E-state index contributed by atoms with van der Waals surface area (Å²) in [6, 6.07) is 3.80. The van der Waals surface area contributed by atoms with E-state index >= 15 is 0 Å². The molecule has 1 N–H and O–H groups in total. The van der Waals surface area contributed by atoms with Crippen LogP contribution in [0.15, 0.2) is 24.5 Å². The highest BCUT2D eigenvalue weighted by atomic mass is 16.5. The molecule has 0 saturated heterocycles. The van der Waals surface area contributed by atoms with Gasteiger partial charge in [0.05, 0.1) is 12.8 Å². The Balaban J connectivity index is 2.02. The summed E-state index contributed by atoms with van der Waals surface area (Å²) < 4.78 is 7.21. The first kappa shape index (κ1) is 14.4. The smallest absolute Gasteiger partial charge is 0.225 e. The Bertz CT molecular complexity index is 611. The lowest BCUT2D eigenvalue weighted by Crippen LogP contribution is -2.35. The van der Waals surface area contributed by atoms with E-state index in [4.69, 9.17) is 4.74 Å². The number of amides is 1. The third-order valence-electron chi connectivity index (χ3n) is 3.06. The zero-order valence-corrected chi connectivity index (χ0v) is 12.4. The normalized spacial score (nSPS) is 11.6. The number of pyridine rings is 1. The molecule has 0 aliphatic heterocycles. The van der Waals surface area contributed by atoms with Gasteiger partial charge in [0.1, 0.15) is 0 Å². The third kappa shape index (κ3) is 3.10. The summed E-state index contributed by atoms with van der Waals surface area (Å²) in [6.45, 7) is 6.29. The topological polar surface area (TPSA) is 55.6 Å². The number of nitrogens with one attached hydrogen (secondary N) is 1. The highest BCUT2D eigenvalue weighted by Crippen LogP contribution is 2.18. The van der Waals surface area contributed by atoms with Gasteiger partial charge in [0.15, 0.2) is 11.4 Å². The van der Waals surface area contributed by atoms with Crippen LogP contribution in [0.3, 0.4) is 0 Å². The first-order chi connectivity index (χ1) is 9.41. The summed E-state index contributed by atoms with van der Waals surface area (Å²) >= 11 is 0. The highest BCUT2D eigenvalue weighted by molar-refractivity contribution is 5.81. The largest absolute Gasteiger partial charge is 0.493 e. The Hall–Kier alpha value is -2.04. The highest BCUT2D eigenvalue weighted by Gasteiger charge is 2.20. The fourth-order valence-corrected chi connectivity index (χ4v) is 1.89. The molecule has 0 fully saturated rings. The molecule has 0 atom stereocenters. The van der Waals surface area contributed by atoms with Crippen molar-refractivity contribution in [3.05, 3.63) is 30.2 Å². The van der Waals surface area contributed by atoms with Gasteiger partial charge in [-0.3, -0.25) is 4.79 Å². The molecule has 20 heavy (non-hydrogen) atoms. The van der Waals surface area contributed by atoms with E-state index in [1.165, 1.54) is 0 Å². The second-order valence-corrected chi connectivity index (χ2v) is 5.80. The van der Waals surface area contributed by atoms with Gasteiger partial charge in [0.2, 0.25) is 5.91 Å². The van der Waals surface area contributed by atoms with E-state index in [2.05, 4.69) is 10.3 Å². The number of imidazole rings is 1. The number of aromatic nitrogens is 2. The van der Waals surface area contributed by atoms with Gasteiger partial charge in [-0.05, 0) is 12.1 Å². The number of ether oxygens (including phenoxy) is 1. The van der Waals surface area contributed by atoms with E-state index in [0.29, 0.717) is 13.0 Å². The van der Waals surface area contributed by atoms with E-state index in [-0.39, 0.29) is 11.3 Å². The molecular weight excluding hydrogens is 254 g/mol. The molecule has 1 amide bonds. The molecule has 0 radical (unpaired) electrons. The molecular formula is C15H21N3O2. The zero-order valence-electron chi connectivity index (χ0n) is 12.4. The standard InChI is InChI=1S/C15H21N3O2/c1-15(2,3)14(19)16-8-7-11-10-18-9-5-6-12(20-4)13(18)17-11/h5-6,9-10H,7-8H2,1-4H3,(H,16,19). The number of fused-ring (bicyclic) bond motifs is 1. The summed E-state index contributed by atoms with van der Waals surface area (Å²) in [6.07, 6.45) is 4.59. The van der Waals surface area contributed by atoms with Crippen LogP contribution in [0.2, 0.25) is 0 Å². The fourth-order valence-electron chi connectivity index (χ4n) is 1.89. The van der Waals surface area contributed by atoms with Crippen molar-refractivity contribution in [2.45, 2.75) is 27.2 Å². The summed E-state index contributed by atoms with van der Waals surface area (Å²) in [4.78, 5) is 16.3. The van der Waals surface area contributed by atoms with Gasteiger partial charge in [0, 0.05) is 30.8 Å². The predicted molar refractivity (Wildman–Crippen MR) is 77.9 cm³/mol. The van der Waals surface area contributed by atoms with E-state index < -0.39 is 0 Å². The second-order valence-electron chi connectivity index (χ2n) is 5.80. The average Bonchev–Trinajstić information content (AvgIpc) is 2.79. The summed E-state index contributed by atoms with van der Waals surface area (Å²) in [7, 11) is 1.63. The Morgan fingerprint density at radius 3 is 2.85 bits per heavy atom. The van der Waals surface area contributed by atoms with Gasteiger partial charge in [-0.15, -0.1) is 0 Å². The summed E-state index contributed by atoms with van der Waals surface area (Å²) in [5, 5.41) is 2.92. The minimum Gasteiger partial charge on any atom is -0.493 e. The molecule has 0 aliphatic carbocycles. The molecule has 0 spiro atoms. The second kappa shape index (κ2) is 5.53. The Morgan fingerprint density at radius 2 is 2.20 bits per heavy atom. The van der Waals surface area contributed by atoms with Crippen molar-refractivity contribution in [3.63, 3.8) is 0 Å². The van der Waals surface area contributed by atoms with E-state index in [9.17, 15) is 4.79 Å². The Morgan fingerprint density at radius 1 is 1.45 bits per heavy atom. The van der Waals surface area contributed by atoms with Crippen molar-refractivity contribution in [1.29, 1.82) is 0 Å². The van der Waals surface area contributed by atoms with Crippen molar-refractivity contribution < 1.29 is 9.53 Å². The van der Waals surface area contributed by atoms with Crippen molar-refractivity contribution in [3.8, 4) is 5.75 Å². The monoisotopic (exact) mass is 275 g/mol. The number of carbonyl (C=O) groups is 1.